The highest BCUT2D eigenvalue weighted by Gasteiger charge is 2.16. The highest BCUT2D eigenvalue weighted by molar-refractivity contribution is 5.94. The molecular weight excluding hydrogens is 254 g/mol. The average Bonchev–Trinajstić information content (AvgIpc) is 2.42. The molecule has 0 radical (unpaired) electrons. The second-order valence-electron chi connectivity index (χ2n) is 5.65. The number of hydrogen-bond donors (Lipinski definition) is 1. The molecule has 1 heterocycles. The third-order valence-corrected chi connectivity index (χ3v) is 3.84. The van der Waals surface area contributed by atoms with Gasteiger partial charge in [0.2, 0.25) is 0 Å². The van der Waals surface area contributed by atoms with E-state index in [1.54, 1.807) is 25.1 Å². The highest BCUT2D eigenvalue weighted by Crippen LogP contribution is 2.22. The van der Waals surface area contributed by atoms with E-state index in [1.165, 1.54) is 0 Å². The minimum atomic E-state index is 0.0262. The quantitative estimate of drug-likeness (QED) is 0.840. The first-order valence-electron chi connectivity index (χ1n) is 7.15. The lowest BCUT2D eigenvalue weighted by Crippen LogP contribution is -2.29. The Balaban J connectivity index is 1.97. The zero-order valence-corrected chi connectivity index (χ0v) is 12.3. The third-order valence-electron chi connectivity index (χ3n) is 3.84. The maximum atomic E-state index is 11.4. The van der Waals surface area contributed by atoms with Crippen molar-refractivity contribution in [1.29, 1.82) is 0 Å². The predicted molar refractivity (Wildman–Crippen MR) is 78.0 cm³/mol. The van der Waals surface area contributed by atoms with Crippen LogP contribution >= 0.6 is 0 Å². The molecule has 1 N–H and O–H groups in total. The molecule has 4 heteroatoms. The second kappa shape index (κ2) is 6.86. The Morgan fingerprint density at radius 3 is 2.75 bits per heavy atom. The first kappa shape index (κ1) is 15.0. The van der Waals surface area contributed by atoms with Crippen molar-refractivity contribution < 1.29 is 14.6 Å². The van der Waals surface area contributed by atoms with Crippen molar-refractivity contribution in [2.24, 2.45) is 5.92 Å². The maximum absolute atomic E-state index is 11.4. The zero-order valence-electron chi connectivity index (χ0n) is 12.3. The van der Waals surface area contributed by atoms with Crippen molar-refractivity contribution >= 4 is 5.78 Å². The van der Waals surface area contributed by atoms with Crippen molar-refractivity contribution in [2.45, 2.75) is 26.3 Å². The molecule has 110 valence electrons. The number of hydrogen-bond acceptors (Lipinski definition) is 4. The van der Waals surface area contributed by atoms with Gasteiger partial charge < -0.3 is 14.7 Å². The molecule has 0 aliphatic carbocycles. The summed E-state index contributed by atoms with van der Waals surface area (Å²) in [5.41, 5.74) is 1.46. The van der Waals surface area contributed by atoms with Crippen molar-refractivity contribution in [2.75, 3.05) is 26.8 Å². The van der Waals surface area contributed by atoms with Crippen LogP contribution < -0.4 is 0 Å². The van der Waals surface area contributed by atoms with Gasteiger partial charge in [-0.2, -0.15) is 0 Å². The Morgan fingerprint density at radius 2 is 2.10 bits per heavy atom. The smallest absolute Gasteiger partial charge is 0.159 e. The summed E-state index contributed by atoms with van der Waals surface area (Å²) in [7, 11) is 2.05. The number of nitrogens with zero attached hydrogens (tertiary/aromatic N) is 1. The van der Waals surface area contributed by atoms with E-state index in [1.807, 2.05) is 0 Å². The normalized spacial score (nSPS) is 16.6. The molecule has 1 aromatic rings. The molecule has 0 aromatic heterocycles. The average molecular weight is 277 g/mol. The van der Waals surface area contributed by atoms with Gasteiger partial charge in [-0.15, -0.1) is 0 Å². The lowest BCUT2D eigenvalue weighted by atomic mass is 9.99. The second-order valence-corrected chi connectivity index (χ2v) is 5.65. The fourth-order valence-electron chi connectivity index (χ4n) is 2.66. The van der Waals surface area contributed by atoms with Crippen LogP contribution in [0.3, 0.4) is 0 Å². The summed E-state index contributed by atoms with van der Waals surface area (Å²) in [6.45, 7) is 4.90. The third kappa shape index (κ3) is 4.05. The summed E-state index contributed by atoms with van der Waals surface area (Å²) in [6.07, 6.45) is 2.20. The fraction of sp³-hybridized carbons (Fsp3) is 0.562. The van der Waals surface area contributed by atoms with E-state index in [0.29, 0.717) is 18.0 Å². The largest absolute Gasteiger partial charge is 0.508 e. The van der Waals surface area contributed by atoms with Gasteiger partial charge in [0, 0.05) is 37.4 Å². The monoisotopic (exact) mass is 277 g/mol. The van der Waals surface area contributed by atoms with Gasteiger partial charge in [-0.05, 0) is 50.9 Å². The topological polar surface area (TPSA) is 49.8 Å². The number of ether oxygens (including phenoxy) is 1. The highest BCUT2D eigenvalue weighted by atomic mass is 16.5. The standard InChI is InChI=1S/C16H23NO3/c1-12(18)14-3-4-16(19)15(9-14)11-17(2)10-13-5-7-20-8-6-13/h3-4,9,13,19H,5-8,10-11H2,1-2H3. The summed E-state index contributed by atoms with van der Waals surface area (Å²) in [5, 5.41) is 9.91. The summed E-state index contributed by atoms with van der Waals surface area (Å²) in [5.74, 6) is 0.944. The molecule has 0 saturated carbocycles. The van der Waals surface area contributed by atoms with Gasteiger partial charge in [0.1, 0.15) is 5.75 Å². The van der Waals surface area contributed by atoms with Gasteiger partial charge >= 0.3 is 0 Å². The van der Waals surface area contributed by atoms with Gasteiger partial charge in [-0.3, -0.25) is 4.79 Å². The van der Waals surface area contributed by atoms with Crippen molar-refractivity contribution in [3.63, 3.8) is 0 Å². The summed E-state index contributed by atoms with van der Waals surface area (Å²) in [6, 6.07) is 5.06. The SMILES string of the molecule is CC(=O)c1ccc(O)c(CN(C)CC2CCOCC2)c1. The number of phenolic OH excluding ortho intramolecular Hbond substituents is 1. The van der Waals surface area contributed by atoms with Crippen LogP contribution in [0.2, 0.25) is 0 Å². The van der Waals surface area contributed by atoms with Crippen LogP contribution in [0.25, 0.3) is 0 Å². The lowest BCUT2D eigenvalue weighted by Gasteiger charge is -2.27. The molecule has 1 aliphatic heterocycles. The Kier molecular flexibility index (Phi) is 5.15. The van der Waals surface area contributed by atoms with Crippen LogP contribution in [-0.4, -0.2) is 42.6 Å². The zero-order chi connectivity index (χ0) is 14.5. The van der Waals surface area contributed by atoms with E-state index in [0.717, 1.165) is 38.2 Å². The number of carbonyl (C=O) groups is 1. The fourth-order valence-corrected chi connectivity index (χ4v) is 2.66. The van der Waals surface area contributed by atoms with E-state index < -0.39 is 0 Å². The molecule has 0 amide bonds. The molecular formula is C16H23NO3. The number of rotatable bonds is 5. The summed E-state index contributed by atoms with van der Waals surface area (Å²) < 4.78 is 5.36. The number of aromatic hydroxyl groups is 1. The first-order valence-corrected chi connectivity index (χ1v) is 7.15. The number of benzene rings is 1. The van der Waals surface area contributed by atoms with Crippen LogP contribution in [0.4, 0.5) is 0 Å². The van der Waals surface area contributed by atoms with E-state index in [9.17, 15) is 9.90 Å². The van der Waals surface area contributed by atoms with Gasteiger partial charge in [-0.1, -0.05) is 0 Å². The molecule has 4 nitrogen and oxygen atoms in total. The summed E-state index contributed by atoms with van der Waals surface area (Å²) in [4.78, 5) is 13.6. The molecule has 0 unspecified atom stereocenters. The Hall–Kier alpha value is -1.39. The van der Waals surface area contributed by atoms with Crippen LogP contribution in [-0.2, 0) is 11.3 Å². The Labute approximate surface area is 120 Å². The van der Waals surface area contributed by atoms with Gasteiger partial charge in [0.05, 0.1) is 0 Å². The molecule has 0 atom stereocenters. The van der Waals surface area contributed by atoms with Crippen molar-refractivity contribution in [3.05, 3.63) is 29.3 Å². The maximum Gasteiger partial charge on any atom is 0.159 e. The minimum absolute atomic E-state index is 0.0262. The van der Waals surface area contributed by atoms with Gasteiger partial charge in [0.25, 0.3) is 0 Å². The molecule has 0 bridgehead atoms. The summed E-state index contributed by atoms with van der Waals surface area (Å²) >= 11 is 0. The molecule has 0 spiro atoms. The Morgan fingerprint density at radius 1 is 1.40 bits per heavy atom. The number of Topliss-reactive ketones (excluding diaryl/α,β-unsaturated/α-hetero) is 1. The molecule has 1 aliphatic rings. The van der Waals surface area contributed by atoms with Crippen LogP contribution in [0.5, 0.6) is 5.75 Å². The van der Waals surface area contributed by atoms with Crippen LogP contribution in [0.15, 0.2) is 18.2 Å². The molecule has 1 aromatic carbocycles. The van der Waals surface area contributed by atoms with E-state index in [-0.39, 0.29) is 11.5 Å². The minimum Gasteiger partial charge on any atom is -0.508 e. The van der Waals surface area contributed by atoms with Crippen molar-refractivity contribution in [1.82, 2.24) is 4.90 Å². The number of phenols is 1. The first-order chi connectivity index (χ1) is 9.56. The van der Waals surface area contributed by atoms with Gasteiger partial charge in [-0.25, -0.2) is 0 Å². The molecule has 1 saturated heterocycles. The van der Waals surface area contributed by atoms with Crippen LogP contribution in [0.1, 0.15) is 35.7 Å². The lowest BCUT2D eigenvalue weighted by molar-refractivity contribution is 0.0549. The Bertz CT molecular complexity index is 467. The molecule has 20 heavy (non-hydrogen) atoms. The molecule has 2 rings (SSSR count). The number of carbonyl (C=O) groups excluding carboxylic acids is 1. The van der Waals surface area contributed by atoms with E-state index >= 15 is 0 Å². The molecule has 1 fully saturated rings. The van der Waals surface area contributed by atoms with E-state index in [4.69, 9.17) is 4.74 Å². The van der Waals surface area contributed by atoms with Crippen LogP contribution in [0, 0.1) is 5.92 Å². The van der Waals surface area contributed by atoms with Gasteiger partial charge in [0.15, 0.2) is 5.78 Å². The van der Waals surface area contributed by atoms with Crippen molar-refractivity contribution in [3.8, 4) is 5.75 Å². The van der Waals surface area contributed by atoms with E-state index in [2.05, 4.69) is 11.9 Å². The predicted octanol–water partition coefficient (Wildman–Crippen LogP) is 2.45. The number of ketones is 1.